The van der Waals surface area contributed by atoms with Gasteiger partial charge in [0, 0.05) is 12.1 Å². The molecule has 0 aliphatic heterocycles. The van der Waals surface area contributed by atoms with Gasteiger partial charge in [-0.3, -0.25) is 0 Å². The van der Waals surface area contributed by atoms with Gasteiger partial charge in [0.25, 0.3) is 0 Å². The Balaban J connectivity index is 0.000000220. The molecule has 0 atom stereocenters. The van der Waals surface area contributed by atoms with Crippen LogP contribution in [0.4, 0.5) is 26.1 Å². The Hall–Kier alpha value is -5.39. The molecule has 4 aromatic carbocycles. The number of anilines is 3. The lowest BCUT2D eigenvalue weighted by Gasteiger charge is -2.13. The number of nitrogens with one attached hydrogen (secondary N) is 1. The van der Waals surface area contributed by atoms with E-state index in [1.807, 2.05) is 73.2 Å². The number of ether oxygens (including phenoxy) is 4. The number of aromatic nitrogens is 4. The highest BCUT2D eigenvalue weighted by Crippen LogP contribution is 2.32. The van der Waals surface area contributed by atoms with Crippen molar-refractivity contribution in [1.82, 2.24) is 19.9 Å². The van der Waals surface area contributed by atoms with E-state index in [1.54, 1.807) is 0 Å². The van der Waals surface area contributed by atoms with Gasteiger partial charge in [0.2, 0.25) is 11.2 Å². The Bertz CT molecular complexity index is 2360. The summed E-state index contributed by atoms with van der Waals surface area (Å²) in [5.41, 5.74) is 7.13. The Morgan fingerprint density at radius 2 is 1.17 bits per heavy atom. The molecule has 59 heavy (non-hydrogen) atoms. The highest BCUT2D eigenvalue weighted by molar-refractivity contribution is 7.98. The van der Waals surface area contributed by atoms with Crippen LogP contribution in [0.2, 0.25) is 15.3 Å². The second-order valence-electron chi connectivity index (χ2n) is 11.4. The molecule has 0 aliphatic rings. The van der Waals surface area contributed by atoms with Crippen LogP contribution in [0.25, 0.3) is 0 Å². The summed E-state index contributed by atoms with van der Waals surface area (Å²) in [6.45, 7) is 0.114. The van der Waals surface area contributed by atoms with Crippen molar-refractivity contribution in [3.63, 3.8) is 0 Å². The average Bonchev–Trinajstić information content (AvgIpc) is 3.24. The molecule has 0 amide bonds. The number of hydrogen-bond acceptors (Lipinski definition) is 14. The monoisotopic (exact) mass is 902 g/mol. The van der Waals surface area contributed by atoms with Crippen LogP contribution in [0.3, 0.4) is 0 Å². The Morgan fingerprint density at radius 1 is 0.695 bits per heavy atom. The Kier molecular flexibility index (Phi) is 18.3. The Labute approximate surface area is 362 Å². The predicted molar refractivity (Wildman–Crippen MR) is 227 cm³/mol. The first-order valence-electron chi connectivity index (χ1n) is 16.9. The molecule has 12 nitrogen and oxygen atoms in total. The van der Waals surface area contributed by atoms with E-state index in [9.17, 15) is 18.4 Å². The van der Waals surface area contributed by atoms with Crippen LogP contribution in [-0.4, -0.2) is 58.6 Å². The molecule has 2 heterocycles. The first-order chi connectivity index (χ1) is 28.4. The molecule has 6 rings (SSSR count). The van der Waals surface area contributed by atoms with Crippen molar-refractivity contribution in [3.05, 3.63) is 147 Å². The van der Waals surface area contributed by atoms with Crippen LogP contribution in [0, 0.1) is 11.6 Å². The molecule has 0 spiro atoms. The number of hydrogen-bond donors (Lipinski definition) is 2. The molecule has 0 aliphatic carbocycles. The highest BCUT2D eigenvalue weighted by Gasteiger charge is 2.20. The summed E-state index contributed by atoms with van der Waals surface area (Å²) in [7, 11) is 2.80. The summed E-state index contributed by atoms with van der Waals surface area (Å²) < 4.78 is 48.8. The molecule has 0 saturated carbocycles. The van der Waals surface area contributed by atoms with Crippen molar-refractivity contribution in [2.24, 2.45) is 0 Å². The fourth-order valence-electron chi connectivity index (χ4n) is 4.63. The van der Waals surface area contributed by atoms with E-state index >= 15 is 0 Å². The van der Waals surface area contributed by atoms with Gasteiger partial charge in [0.15, 0.2) is 0 Å². The molecule has 3 N–H and O–H groups in total. The second kappa shape index (κ2) is 23.3. The average molecular weight is 904 g/mol. The minimum absolute atomic E-state index is 0.0392. The zero-order valence-corrected chi connectivity index (χ0v) is 35.6. The lowest BCUT2D eigenvalue weighted by atomic mass is 10.1. The zero-order chi connectivity index (χ0) is 42.9. The van der Waals surface area contributed by atoms with E-state index in [-0.39, 0.29) is 58.4 Å². The molecule has 0 radical (unpaired) electrons. The van der Waals surface area contributed by atoms with Crippen molar-refractivity contribution in [3.8, 4) is 11.5 Å². The quantitative estimate of drug-likeness (QED) is 0.0392. The number of carbonyl (C=O) groups excluding carboxylic acids is 2. The first-order valence-corrected chi connectivity index (χ1v) is 20.4. The van der Waals surface area contributed by atoms with Gasteiger partial charge in [-0.05, 0) is 47.4 Å². The lowest BCUT2D eigenvalue weighted by Crippen LogP contribution is -2.09. The van der Waals surface area contributed by atoms with Crippen molar-refractivity contribution >= 4 is 87.6 Å². The molecule has 0 unspecified atom stereocenters. The summed E-state index contributed by atoms with van der Waals surface area (Å²) in [4.78, 5) is 40.1. The number of halogens is 5. The van der Waals surface area contributed by atoms with Gasteiger partial charge in [-0.1, -0.05) is 83.9 Å². The molecule has 6 aromatic rings. The third-order valence-electron chi connectivity index (χ3n) is 7.50. The van der Waals surface area contributed by atoms with Crippen LogP contribution >= 0.6 is 58.3 Å². The third-order valence-corrected chi connectivity index (χ3v) is 9.86. The molecule has 0 fully saturated rings. The molecule has 0 saturated heterocycles. The lowest BCUT2D eigenvalue weighted by molar-refractivity contribution is 0.0458. The molecule has 2 aromatic heterocycles. The maximum absolute atomic E-state index is 14.6. The smallest absolute Gasteiger partial charge is 0.341 e. The van der Waals surface area contributed by atoms with Crippen molar-refractivity contribution in [2.75, 3.05) is 37.8 Å². The maximum atomic E-state index is 14.6. The third kappa shape index (κ3) is 13.9. The second-order valence-corrected chi connectivity index (χ2v) is 14.1. The van der Waals surface area contributed by atoms with Crippen LogP contribution in [0.15, 0.2) is 107 Å². The normalized spacial score (nSPS) is 10.3. The minimum atomic E-state index is -0.788. The Morgan fingerprint density at radius 3 is 1.66 bits per heavy atom. The summed E-state index contributed by atoms with van der Waals surface area (Å²) in [5.74, 6) is -2.35. The molecular formula is C40H35Cl3F2N6O6S2. The first kappa shape index (κ1) is 46.3. The number of nitrogens with zero attached hydrogens (tertiary/aromatic N) is 4. The fraction of sp³-hybridized carbons (Fsp3) is 0.150. The molecule has 19 heteroatoms. The highest BCUT2D eigenvalue weighted by atomic mass is 35.5. The topological polar surface area (TPSA) is 161 Å². The number of benzene rings is 4. The maximum Gasteiger partial charge on any atom is 0.341 e. The van der Waals surface area contributed by atoms with Crippen LogP contribution in [-0.2, 0) is 22.7 Å². The van der Waals surface area contributed by atoms with Crippen molar-refractivity contribution in [1.29, 1.82) is 0 Å². The van der Waals surface area contributed by atoms with E-state index in [2.05, 4.69) is 25.3 Å². The zero-order valence-electron chi connectivity index (χ0n) is 31.7. The predicted octanol–water partition coefficient (Wildman–Crippen LogP) is 10.4. The number of thioether (sulfide) groups is 2. The number of nitrogens with two attached hydrogens (primary N) is 1. The van der Waals surface area contributed by atoms with Crippen LogP contribution in [0.1, 0.15) is 31.8 Å². The van der Waals surface area contributed by atoms with Crippen LogP contribution in [0.5, 0.6) is 11.5 Å². The summed E-state index contributed by atoms with van der Waals surface area (Å²) in [6.07, 6.45) is 6.64. The van der Waals surface area contributed by atoms with E-state index in [0.717, 1.165) is 23.3 Å². The summed E-state index contributed by atoms with van der Waals surface area (Å²) in [6, 6.07) is 23.0. The number of nitrogen functional groups attached to an aromatic ring is 1. The van der Waals surface area contributed by atoms with Gasteiger partial charge >= 0.3 is 11.9 Å². The van der Waals surface area contributed by atoms with Gasteiger partial charge in [-0.25, -0.2) is 38.3 Å². The number of carbonyl (C=O) groups is 2. The summed E-state index contributed by atoms with van der Waals surface area (Å²) in [5, 5.41) is 5.35. The van der Waals surface area contributed by atoms with Gasteiger partial charge in [0.05, 0.1) is 59.2 Å². The molecule has 0 bridgehead atoms. The molecular weight excluding hydrogens is 869 g/mol. The van der Waals surface area contributed by atoms with Gasteiger partial charge in [-0.2, -0.15) is 0 Å². The van der Waals surface area contributed by atoms with E-state index in [1.165, 1.54) is 62.3 Å². The summed E-state index contributed by atoms with van der Waals surface area (Å²) >= 11 is 20.0. The van der Waals surface area contributed by atoms with Crippen LogP contribution < -0.4 is 20.5 Å². The SMILES string of the molecule is COc1cc(C(=O)OCc2ccccc2)c(F)cc1N.COc1cc(C(=O)OCc2ccccc2)c(F)cc1Nc1ncc(Cl)c(SC)n1.CSc1nc(Cl)ncc1Cl. The standard InChI is InChI=1S/C20H17ClFN3O3S.C15H14FNO3.C5H4Cl2N2S/c1-27-17-8-13(19(26)28-11-12-6-4-3-5-7-12)15(22)9-16(17)24-20-23-10-14(21)18(25-20)29-2;1-19-14-7-11(12(16)8-13(14)17)15(18)20-9-10-5-3-2-4-6-10;1-10-4-3(6)2-8-5(7)9-4/h3-10H,11H2,1-2H3,(H,23,24,25);2-8H,9,17H2,1H3;2H,1H3. The largest absolute Gasteiger partial charge is 0.495 e. The molecule has 308 valence electrons. The van der Waals surface area contributed by atoms with Crippen molar-refractivity contribution in [2.45, 2.75) is 23.3 Å². The number of rotatable bonds is 12. The van der Waals surface area contributed by atoms with Gasteiger partial charge in [0.1, 0.15) is 46.4 Å². The van der Waals surface area contributed by atoms with E-state index < -0.39 is 23.6 Å². The van der Waals surface area contributed by atoms with Crippen molar-refractivity contribution < 1.29 is 37.3 Å². The van der Waals surface area contributed by atoms with E-state index in [4.69, 9.17) is 59.5 Å². The number of esters is 2. The van der Waals surface area contributed by atoms with E-state index in [0.29, 0.717) is 20.1 Å². The number of methoxy groups -OCH3 is 2. The minimum Gasteiger partial charge on any atom is -0.495 e. The fourth-order valence-corrected chi connectivity index (χ4v) is 6.31. The van der Waals surface area contributed by atoms with Gasteiger partial charge in [-0.15, -0.1) is 23.5 Å². The van der Waals surface area contributed by atoms with Gasteiger partial charge < -0.3 is 30.0 Å².